The van der Waals surface area contributed by atoms with Crippen LogP contribution in [0.25, 0.3) is 10.2 Å². The molecular formula is C13H8ClN3O2S. The molecule has 0 fully saturated rings. The maximum Gasteiger partial charge on any atom is 0.297 e. The third kappa shape index (κ3) is 2.43. The molecular weight excluding hydrogens is 298 g/mol. The normalized spacial score (nSPS) is 10.7. The van der Waals surface area contributed by atoms with Crippen LogP contribution in [0, 0.1) is 10.1 Å². The summed E-state index contributed by atoms with van der Waals surface area (Å²) in [6.07, 6.45) is 0. The lowest BCUT2D eigenvalue weighted by atomic mass is 10.3. The summed E-state index contributed by atoms with van der Waals surface area (Å²) < 4.78 is 0.683. The first kappa shape index (κ1) is 12.8. The predicted octanol–water partition coefficient (Wildman–Crippen LogP) is 4.60. The number of para-hydroxylation sites is 1. The Hall–Kier alpha value is -2.18. The zero-order valence-corrected chi connectivity index (χ0v) is 11.6. The number of benzene rings is 2. The highest BCUT2D eigenvalue weighted by Crippen LogP contribution is 2.35. The van der Waals surface area contributed by atoms with E-state index in [-0.39, 0.29) is 5.69 Å². The molecule has 100 valence electrons. The number of hydrogen-bond acceptors (Lipinski definition) is 5. The summed E-state index contributed by atoms with van der Waals surface area (Å²) >= 11 is 7.22. The van der Waals surface area contributed by atoms with E-state index in [0.717, 1.165) is 5.69 Å². The fourth-order valence-electron chi connectivity index (χ4n) is 1.82. The van der Waals surface area contributed by atoms with E-state index in [1.165, 1.54) is 17.4 Å². The van der Waals surface area contributed by atoms with Gasteiger partial charge in [-0.3, -0.25) is 10.1 Å². The number of nitro groups is 1. The lowest BCUT2D eigenvalue weighted by Crippen LogP contribution is -1.90. The zero-order chi connectivity index (χ0) is 14.1. The number of hydrogen-bond donors (Lipinski definition) is 1. The van der Waals surface area contributed by atoms with Gasteiger partial charge in [0.2, 0.25) is 0 Å². The van der Waals surface area contributed by atoms with Gasteiger partial charge in [0.25, 0.3) is 5.69 Å². The number of thiazole rings is 1. The second kappa shape index (κ2) is 5.07. The maximum absolute atomic E-state index is 11.0. The second-order valence-corrected chi connectivity index (χ2v) is 5.51. The Morgan fingerprint density at radius 3 is 2.70 bits per heavy atom. The van der Waals surface area contributed by atoms with E-state index in [4.69, 9.17) is 11.6 Å². The highest BCUT2D eigenvalue weighted by molar-refractivity contribution is 7.22. The topological polar surface area (TPSA) is 68.1 Å². The summed E-state index contributed by atoms with van der Waals surface area (Å²) in [5.74, 6) is 0. The van der Waals surface area contributed by atoms with Gasteiger partial charge in [-0.25, -0.2) is 4.98 Å². The highest BCUT2D eigenvalue weighted by Gasteiger charge is 2.18. The number of non-ortho nitro benzene ring substituents is 1. The number of fused-ring (bicyclic) bond motifs is 1. The molecule has 0 atom stereocenters. The average Bonchev–Trinajstić information content (AvgIpc) is 2.80. The summed E-state index contributed by atoms with van der Waals surface area (Å²) in [5, 5.41) is 15.1. The van der Waals surface area contributed by atoms with Crippen LogP contribution < -0.4 is 5.32 Å². The van der Waals surface area contributed by atoms with E-state index in [0.29, 0.717) is 20.4 Å². The smallest absolute Gasteiger partial charge is 0.297 e. The third-order valence-electron chi connectivity index (χ3n) is 2.66. The maximum atomic E-state index is 11.0. The first-order valence-electron chi connectivity index (χ1n) is 5.70. The Kier molecular flexibility index (Phi) is 3.25. The molecule has 3 rings (SSSR count). The van der Waals surface area contributed by atoms with Crippen molar-refractivity contribution in [3.8, 4) is 0 Å². The van der Waals surface area contributed by atoms with Crippen molar-refractivity contribution in [2.75, 3.05) is 5.32 Å². The van der Waals surface area contributed by atoms with Crippen LogP contribution in [-0.4, -0.2) is 9.91 Å². The first-order valence-corrected chi connectivity index (χ1v) is 6.89. The van der Waals surface area contributed by atoms with Crippen LogP contribution in [0.1, 0.15) is 0 Å². The first-order chi connectivity index (χ1) is 9.63. The summed E-state index contributed by atoms with van der Waals surface area (Å²) in [6.45, 7) is 0. The molecule has 0 unspecified atom stereocenters. The minimum Gasteiger partial charge on any atom is -0.332 e. The van der Waals surface area contributed by atoms with Gasteiger partial charge < -0.3 is 5.32 Å². The van der Waals surface area contributed by atoms with Crippen LogP contribution in [0.15, 0.2) is 42.5 Å². The predicted molar refractivity (Wildman–Crippen MR) is 81.0 cm³/mol. The molecule has 0 aliphatic heterocycles. The molecule has 0 aliphatic carbocycles. The van der Waals surface area contributed by atoms with Crippen LogP contribution in [0.5, 0.6) is 0 Å². The monoisotopic (exact) mass is 305 g/mol. The number of nitro benzene ring substituents is 1. The zero-order valence-electron chi connectivity index (χ0n) is 10.0. The quantitative estimate of drug-likeness (QED) is 0.567. The molecule has 0 aliphatic rings. The third-order valence-corrected chi connectivity index (χ3v) is 3.80. The van der Waals surface area contributed by atoms with Gasteiger partial charge in [-0.2, -0.15) is 0 Å². The van der Waals surface area contributed by atoms with Crippen LogP contribution in [0.3, 0.4) is 0 Å². The van der Waals surface area contributed by atoms with E-state index in [9.17, 15) is 10.1 Å². The van der Waals surface area contributed by atoms with Crippen molar-refractivity contribution in [2.45, 2.75) is 0 Å². The molecule has 0 spiro atoms. The van der Waals surface area contributed by atoms with E-state index < -0.39 is 4.92 Å². The van der Waals surface area contributed by atoms with E-state index in [1.807, 2.05) is 30.3 Å². The Labute approximate surface area is 123 Å². The molecule has 3 aromatic rings. The Morgan fingerprint density at radius 2 is 2.00 bits per heavy atom. The van der Waals surface area contributed by atoms with E-state index >= 15 is 0 Å². The molecule has 1 heterocycles. The molecule has 0 saturated heterocycles. The van der Waals surface area contributed by atoms with Crippen molar-refractivity contribution in [3.63, 3.8) is 0 Å². The van der Waals surface area contributed by atoms with Gasteiger partial charge in [0.05, 0.1) is 9.62 Å². The number of nitrogens with one attached hydrogen (secondary N) is 1. The summed E-state index contributed by atoms with van der Waals surface area (Å²) in [7, 11) is 0. The van der Waals surface area contributed by atoms with Crippen molar-refractivity contribution in [1.82, 2.24) is 4.98 Å². The van der Waals surface area contributed by atoms with Crippen LogP contribution >= 0.6 is 22.9 Å². The molecule has 1 aromatic heterocycles. The minimum absolute atomic E-state index is 0.0788. The molecule has 0 bridgehead atoms. The summed E-state index contributed by atoms with van der Waals surface area (Å²) in [6, 6.07) is 12.5. The number of nitrogens with zero attached hydrogens (tertiary/aromatic N) is 2. The van der Waals surface area contributed by atoms with Crippen molar-refractivity contribution in [2.24, 2.45) is 0 Å². The van der Waals surface area contributed by atoms with Gasteiger partial charge in [-0.1, -0.05) is 41.1 Å². The Balaban J connectivity index is 2.06. The number of rotatable bonds is 3. The summed E-state index contributed by atoms with van der Waals surface area (Å²) in [5.41, 5.74) is 1.15. The number of halogens is 1. The summed E-state index contributed by atoms with van der Waals surface area (Å²) in [4.78, 5) is 14.8. The SMILES string of the molecule is O=[N+]([O-])c1cc(Cl)cc2sc(Nc3ccccc3)nc12. The number of anilines is 2. The fraction of sp³-hybridized carbons (Fsp3) is 0. The van der Waals surface area contributed by atoms with E-state index in [1.54, 1.807) is 6.07 Å². The Morgan fingerprint density at radius 1 is 1.25 bits per heavy atom. The largest absolute Gasteiger partial charge is 0.332 e. The van der Waals surface area contributed by atoms with Gasteiger partial charge in [-0.15, -0.1) is 0 Å². The fourth-order valence-corrected chi connectivity index (χ4v) is 3.04. The average molecular weight is 306 g/mol. The van der Waals surface area contributed by atoms with Crippen LogP contribution in [-0.2, 0) is 0 Å². The van der Waals surface area contributed by atoms with Crippen LogP contribution in [0.2, 0.25) is 5.02 Å². The molecule has 5 nitrogen and oxygen atoms in total. The molecule has 20 heavy (non-hydrogen) atoms. The van der Waals surface area contributed by atoms with Gasteiger partial charge >= 0.3 is 0 Å². The van der Waals surface area contributed by atoms with Gasteiger partial charge in [0.15, 0.2) is 10.6 Å². The van der Waals surface area contributed by atoms with Gasteiger partial charge in [-0.05, 0) is 18.2 Å². The highest BCUT2D eigenvalue weighted by atomic mass is 35.5. The van der Waals surface area contributed by atoms with Crippen molar-refractivity contribution < 1.29 is 4.92 Å². The van der Waals surface area contributed by atoms with Gasteiger partial charge in [0, 0.05) is 16.8 Å². The molecule has 0 radical (unpaired) electrons. The lowest BCUT2D eigenvalue weighted by molar-refractivity contribution is -0.383. The van der Waals surface area contributed by atoms with Crippen molar-refractivity contribution in [1.29, 1.82) is 0 Å². The molecule has 1 N–H and O–H groups in total. The number of aromatic nitrogens is 1. The minimum atomic E-state index is -0.472. The van der Waals surface area contributed by atoms with Crippen molar-refractivity contribution >= 4 is 49.7 Å². The standard InChI is InChI=1S/C13H8ClN3O2S/c14-8-6-10(17(18)19)12-11(7-8)20-13(16-12)15-9-4-2-1-3-5-9/h1-7H,(H,15,16). The van der Waals surface area contributed by atoms with Crippen LogP contribution in [0.4, 0.5) is 16.5 Å². The molecule has 7 heteroatoms. The van der Waals surface area contributed by atoms with Gasteiger partial charge in [0.1, 0.15) is 0 Å². The van der Waals surface area contributed by atoms with E-state index in [2.05, 4.69) is 10.3 Å². The Bertz CT molecular complexity index is 789. The molecule has 0 amide bonds. The lowest BCUT2D eigenvalue weighted by Gasteiger charge is -1.99. The molecule has 2 aromatic carbocycles. The van der Waals surface area contributed by atoms with Crippen molar-refractivity contribution in [3.05, 3.63) is 57.6 Å². The second-order valence-electron chi connectivity index (χ2n) is 4.04. The molecule has 0 saturated carbocycles.